The molecule has 0 aliphatic heterocycles. The first-order chi connectivity index (χ1) is 10.8. The lowest BCUT2D eigenvalue weighted by atomic mass is 10.1. The molecule has 1 amide bonds. The quantitative estimate of drug-likeness (QED) is 0.866. The first-order valence-corrected chi connectivity index (χ1v) is 7.20. The van der Waals surface area contributed by atoms with Gasteiger partial charge in [-0.3, -0.25) is 4.79 Å². The van der Waals surface area contributed by atoms with Crippen molar-refractivity contribution < 1.29 is 19.1 Å². The molecule has 0 aliphatic carbocycles. The molecule has 124 valence electrons. The number of para-hydroxylation sites is 1. The molecule has 0 aliphatic rings. The zero-order chi connectivity index (χ0) is 17.0. The van der Waals surface area contributed by atoms with Crippen molar-refractivity contribution in [3.05, 3.63) is 23.8 Å². The summed E-state index contributed by atoms with van der Waals surface area (Å²) in [5.41, 5.74) is 3.98. The number of fused-ring (bicyclic) bond motifs is 1. The number of rotatable bonds is 4. The Bertz CT molecular complexity index is 718. The Morgan fingerprint density at radius 1 is 1.30 bits per heavy atom. The third-order valence-electron chi connectivity index (χ3n) is 2.97. The smallest absolute Gasteiger partial charge is 0.428 e. The molecule has 1 N–H and O–H groups in total. The van der Waals surface area contributed by atoms with E-state index < -0.39 is 11.7 Å². The van der Waals surface area contributed by atoms with Crippen LogP contribution in [0, 0.1) is 0 Å². The first kappa shape index (κ1) is 16.7. The second-order valence-corrected chi connectivity index (χ2v) is 5.98. The zero-order valence-electron chi connectivity index (χ0n) is 13.6. The summed E-state index contributed by atoms with van der Waals surface area (Å²) < 4.78 is 9.85. The molecule has 8 nitrogen and oxygen atoms in total. The lowest BCUT2D eigenvalue weighted by Gasteiger charge is -2.19. The van der Waals surface area contributed by atoms with E-state index in [0.29, 0.717) is 17.5 Å². The van der Waals surface area contributed by atoms with E-state index in [9.17, 15) is 9.59 Å². The molecule has 2 aromatic rings. The van der Waals surface area contributed by atoms with Crippen LogP contribution in [-0.2, 0) is 20.7 Å². The van der Waals surface area contributed by atoms with E-state index in [1.807, 2.05) is 12.1 Å². The highest BCUT2D eigenvalue weighted by Gasteiger charge is 2.18. The minimum Gasteiger partial charge on any atom is -0.469 e. The van der Waals surface area contributed by atoms with Crippen molar-refractivity contribution in [3.63, 3.8) is 0 Å². The van der Waals surface area contributed by atoms with Crippen LogP contribution in [0.2, 0.25) is 0 Å². The van der Waals surface area contributed by atoms with Gasteiger partial charge in [-0.1, -0.05) is 12.1 Å². The largest absolute Gasteiger partial charge is 0.469 e. The Kier molecular flexibility index (Phi) is 4.83. The number of amides is 1. The maximum absolute atomic E-state index is 11.9. The number of nitrogens with one attached hydrogen (secondary N) is 1. The van der Waals surface area contributed by atoms with Crippen molar-refractivity contribution in [2.24, 2.45) is 0 Å². The van der Waals surface area contributed by atoms with Crippen molar-refractivity contribution in [1.29, 1.82) is 0 Å². The molecule has 8 heteroatoms. The number of benzene rings is 1. The predicted molar refractivity (Wildman–Crippen MR) is 83.5 cm³/mol. The van der Waals surface area contributed by atoms with Crippen LogP contribution < -0.4 is 5.43 Å². The Balaban J connectivity index is 2.24. The molecule has 0 bridgehead atoms. The maximum Gasteiger partial charge on any atom is 0.428 e. The van der Waals surface area contributed by atoms with Crippen molar-refractivity contribution >= 4 is 23.1 Å². The predicted octanol–water partition coefficient (Wildman–Crippen LogP) is 2.02. The summed E-state index contributed by atoms with van der Waals surface area (Å²) in [5, 5.41) is 7.91. The van der Waals surface area contributed by atoms with Crippen LogP contribution in [-0.4, -0.2) is 39.9 Å². The summed E-state index contributed by atoms with van der Waals surface area (Å²) in [4.78, 5) is 24.5. The van der Waals surface area contributed by atoms with Gasteiger partial charge in [-0.05, 0) is 44.0 Å². The molecular weight excluding hydrogens is 300 g/mol. The SMILES string of the molecule is COC(=O)CCc1cccc2nnn(NC(=O)OC(C)(C)C)c12. The summed E-state index contributed by atoms with van der Waals surface area (Å²) in [6.07, 6.45) is 0.0488. The topological polar surface area (TPSA) is 95.3 Å². The minimum atomic E-state index is -0.632. The van der Waals surface area contributed by atoms with E-state index in [0.717, 1.165) is 5.56 Å². The summed E-state index contributed by atoms with van der Waals surface area (Å²) in [6.45, 7) is 5.31. The summed E-state index contributed by atoms with van der Waals surface area (Å²) in [5.74, 6) is -0.305. The normalized spacial score (nSPS) is 11.3. The number of carbonyl (C=O) groups is 2. The fourth-order valence-corrected chi connectivity index (χ4v) is 2.05. The number of hydrogen-bond donors (Lipinski definition) is 1. The van der Waals surface area contributed by atoms with Crippen LogP contribution in [0.15, 0.2) is 18.2 Å². The van der Waals surface area contributed by atoms with E-state index in [2.05, 4.69) is 20.5 Å². The highest BCUT2D eigenvalue weighted by molar-refractivity contribution is 5.83. The third-order valence-corrected chi connectivity index (χ3v) is 2.97. The molecule has 23 heavy (non-hydrogen) atoms. The van der Waals surface area contributed by atoms with Gasteiger partial charge in [0.2, 0.25) is 0 Å². The molecule has 0 atom stereocenters. The van der Waals surface area contributed by atoms with Crippen molar-refractivity contribution in [2.75, 3.05) is 12.5 Å². The van der Waals surface area contributed by atoms with Gasteiger partial charge in [0, 0.05) is 6.42 Å². The van der Waals surface area contributed by atoms with Gasteiger partial charge in [0.25, 0.3) is 0 Å². The van der Waals surface area contributed by atoms with Crippen LogP contribution in [0.1, 0.15) is 32.8 Å². The average molecular weight is 320 g/mol. The van der Waals surface area contributed by atoms with E-state index in [-0.39, 0.29) is 12.4 Å². The molecule has 1 aromatic carbocycles. The van der Waals surface area contributed by atoms with Crippen LogP contribution in [0.4, 0.5) is 4.79 Å². The number of aryl methyl sites for hydroxylation is 1. The van der Waals surface area contributed by atoms with Crippen LogP contribution in [0.5, 0.6) is 0 Å². The fraction of sp³-hybridized carbons (Fsp3) is 0.467. The Morgan fingerprint density at radius 2 is 2.04 bits per heavy atom. The number of carbonyl (C=O) groups excluding carboxylic acids is 2. The monoisotopic (exact) mass is 320 g/mol. The lowest BCUT2D eigenvalue weighted by Crippen LogP contribution is -2.32. The maximum atomic E-state index is 11.9. The Morgan fingerprint density at radius 3 is 2.70 bits per heavy atom. The van der Waals surface area contributed by atoms with Crippen molar-refractivity contribution in [2.45, 2.75) is 39.2 Å². The molecule has 0 radical (unpaired) electrons. The molecule has 1 heterocycles. The fourth-order valence-electron chi connectivity index (χ4n) is 2.05. The number of esters is 1. The molecular formula is C15H20N4O4. The minimum absolute atomic E-state index is 0.229. The molecule has 0 fully saturated rings. The molecule has 0 saturated carbocycles. The van der Waals surface area contributed by atoms with Crippen LogP contribution in [0.3, 0.4) is 0 Å². The van der Waals surface area contributed by atoms with E-state index in [1.54, 1.807) is 26.8 Å². The molecule has 1 aromatic heterocycles. The lowest BCUT2D eigenvalue weighted by molar-refractivity contribution is -0.140. The van der Waals surface area contributed by atoms with Gasteiger partial charge in [-0.15, -0.1) is 9.89 Å². The van der Waals surface area contributed by atoms with Gasteiger partial charge in [-0.2, -0.15) is 0 Å². The van der Waals surface area contributed by atoms with Crippen LogP contribution in [0.25, 0.3) is 11.0 Å². The number of aromatic nitrogens is 3. The van der Waals surface area contributed by atoms with E-state index in [1.165, 1.54) is 11.9 Å². The number of methoxy groups -OCH3 is 1. The van der Waals surface area contributed by atoms with Gasteiger partial charge in [0.05, 0.1) is 7.11 Å². The average Bonchev–Trinajstić information content (AvgIpc) is 2.86. The molecule has 0 unspecified atom stereocenters. The van der Waals surface area contributed by atoms with Gasteiger partial charge in [0.1, 0.15) is 16.6 Å². The van der Waals surface area contributed by atoms with E-state index in [4.69, 9.17) is 4.74 Å². The Labute approximate surface area is 133 Å². The first-order valence-electron chi connectivity index (χ1n) is 7.20. The Hall–Kier alpha value is -2.64. The highest BCUT2D eigenvalue weighted by Crippen LogP contribution is 2.18. The molecule has 0 saturated heterocycles. The second-order valence-electron chi connectivity index (χ2n) is 5.98. The van der Waals surface area contributed by atoms with Gasteiger partial charge in [0.15, 0.2) is 0 Å². The highest BCUT2D eigenvalue weighted by atomic mass is 16.6. The summed E-state index contributed by atoms with van der Waals surface area (Å²) in [6, 6.07) is 5.45. The standard InChI is InChI=1S/C15H20N4O4/c1-15(2,3)23-14(21)17-19-13-10(8-9-12(20)22-4)6-5-7-11(13)16-18-19/h5-7H,8-9H2,1-4H3,(H,17,21). The summed E-state index contributed by atoms with van der Waals surface area (Å²) >= 11 is 0. The zero-order valence-corrected chi connectivity index (χ0v) is 13.6. The van der Waals surface area contributed by atoms with Gasteiger partial charge >= 0.3 is 12.1 Å². The van der Waals surface area contributed by atoms with Crippen molar-refractivity contribution in [1.82, 2.24) is 15.1 Å². The number of hydrogen-bond acceptors (Lipinski definition) is 6. The third kappa shape index (κ3) is 4.41. The van der Waals surface area contributed by atoms with E-state index >= 15 is 0 Å². The molecule has 2 rings (SSSR count). The number of nitrogens with zero attached hydrogens (tertiary/aromatic N) is 3. The summed E-state index contributed by atoms with van der Waals surface area (Å²) in [7, 11) is 1.35. The molecule has 0 spiro atoms. The van der Waals surface area contributed by atoms with Crippen molar-refractivity contribution in [3.8, 4) is 0 Å². The number of ether oxygens (including phenoxy) is 2. The second kappa shape index (κ2) is 6.64. The van der Waals surface area contributed by atoms with Gasteiger partial charge < -0.3 is 9.47 Å². The van der Waals surface area contributed by atoms with Gasteiger partial charge in [-0.25, -0.2) is 10.2 Å². The van der Waals surface area contributed by atoms with Crippen LogP contribution >= 0.6 is 0 Å².